The van der Waals surface area contributed by atoms with Crippen molar-refractivity contribution in [2.24, 2.45) is 0 Å². The molecule has 192 valence electrons. The van der Waals surface area contributed by atoms with Crippen molar-refractivity contribution in [3.8, 4) is 6.07 Å². The average molecular weight is 520 g/mol. The summed E-state index contributed by atoms with van der Waals surface area (Å²) in [6, 6.07) is 9.68. The minimum absolute atomic E-state index is 0.0214. The van der Waals surface area contributed by atoms with Crippen LogP contribution in [-0.4, -0.2) is 50.5 Å². The van der Waals surface area contributed by atoms with Crippen molar-refractivity contribution in [3.63, 3.8) is 0 Å². The number of rotatable bonds is 6. The minimum atomic E-state index is -0.687. The Labute approximate surface area is 221 Å². The fourth-order valence-corrected chi connectivity index (χ4v) is 5.71. The van der Waals surface area contributed by atoms with Crippen LogP contribution in [0.2, 0.25) is 5.02 Å². The van der Waals surface area contributed by atoms with Gasteiger partial charge in [0, 0.05) is 43.3 Å². The maximum Gasteiger partial charge on any atom is 0.317 e. The summed E-state index contributed by atoms with van der Waals surface area (Å²) in [6.07, 6.45) is 5.71. The van der Waals surface area contributed by atoms with Gasteiger partial charge in [0.25, 0.3) is 0 Å². The number of nitrogens with zero attached hydrogens (tertiary/aromatic N) is 6. The highest BCUT2D eigenvalue weighted by Gasteiger charge is 2.52. The van der Waals surface area contributed by atoms with Gasteiger partial charge in [-0.3, -0.25) is 9.78 Å². The molecule has 0 atom stereocenters. The molecule has 0 unspecified atom stereocenters. The van der Waals surface area contributed by atoms with Crippen molar-refractivity contribution in [2.75, 3.05) is 18.0 Å². The lowest BCUT2D eigenvalue weighted by Gasteiger charge is -2.38. The number of carbonyl (C=O) groups is 2. The molecular weight excluding hydrogens is 490 g/mol. The number of halogens is 1. The normalized spacial score (nSPS) is 16.5. The molecule has 2 aliphatic rings. The van der Waals surface area contributed by atoms with Gasteiger partial charge in [-0.15, -0.1) is 0 Å². The smallest absolute Gasteiger partial charge is 0.317 e. The zero-order chi connectivity index (χ0) is 26.2. The number of nitrogens with one attached hydrogen (secondary N) is 1. The van der Waals surface area contributed by atoms with Crippen LogP contribution in [0.25, 0.3) is 11.0 Å². The molecule has 9 nitrogen and oxygen atoms in total. The molecule has 0 radical (unpaired) electrons. The Hall–Kier alpha value is -3.64. The Morgan fingerprint density at radius 1 is 1.27 bits per heavy atom. The Morgan fingerprint density at radius 2 is 2.05 bits per heavy atom. The van der Waals surface area contributed by atoms with E-state index in [1.54, 1.807) is 22.2 Å². The molecule has 1 spiro atoms. The standard InChI is InChI=1S/C27H30ClN7O2/c1-18(2)31-26(37)33-13-8-27(9-14-33)20-7-11-30-16-23(20)35(25(27)36)17-24-32-21-15-19(28)5-6-22(21)34(24)12-4-3-10-29/h5-7,11,15-16,18H,3-4,8-9,12-14,17H2,1-2H3,(H,31,37). The number of hydrogen-bond acceptors (Lipinski definition) is 5. The lowest BCUT2D eigenvalue weighted by molar-refractivity contribution is -0.124. The number of aromatic nitrogens is 3. The molecule has 0 bridgehead atoms. The van der Waals surface area contributed by atoms with Crippen LogP contribution in [-0.2, 0) is 23.3 Å². The Morgan fingerprint density at radius 3 is 2.78 bits per heavy atom. The zero-order valence-electron chi connectivity index (χ0n) is 21.1. The lowest BCUT2D eigenvalue weighted by atomic mass is 9.74. The monoisotopic (exact) mass is 519 g/mol. The van der Waals surface area contributed by atoms with Crippen molar-refractivity contribution >= 4 is 40.3 Å². The van der Waals surface area contributed by atoms with Gasteiger partial charge >= 0.3 is 6.03 Å². The van der Waals surface area contributed by atoms with Gasteiger partial charge in [-0.25, -0.2) is 9.78 Å². The largest absolute Gasteiger partial charge is 0.336 e. The van der Waals surface area contributed by atoms with E-state index < -0.39 is 5.41 Å². The molecule has 10 heteroatoms. The Balaban J connectivity index is 1.45. The van der Waals surface area contributed by atoms with Gasteiger partial charge in [0.2, 0.25) is 5.91 Å². The molecule has 1 N–H and O–H groups in total. The second-order valence-corrected chi connectivity index (χ2v) is 10.5. The van der Waals surface area contributed by atoms with Gasteiger partial charge in [-0.2, -0.15) is 5.26 Å². The van der Waals surface area contributed by atoms with Crippen LogP contribution in [0.15, 0.2) is 36.7 Å². The van der Waals surface area contributed by atoms with E-state index >= 15 is 0 Å². The summed E-state index contributed by atoms with van der Waals surface area (Å²) in [4.78, 5) is 39.4. The molecule has 37 heavy (non-hydrogen) atoms. The number of piperidine rings is 1. The summed E-state index contributed by atoms with van der Waals surface area (Å²) in [7, 11) is 0. The average Bonchev–Trinajstić information content (AvgIpc) is 3.32. The Bertz CT molecular complexity index is 1390. The van der Waals surface area contributed by atoms with Crippen LogP contribution in [0.5, 0.6) is 0 Å². The summed E-state index contributed by atoms with van der Waals surface area (Å²) in [5.74, 6) is 0.761. The number of likely N-dealkylation sites (tertiary alicyclic amines) is 1. The lowest BCUT2D eigenvalue weighted by Crippen LogP contribution is -2.53. The predicted octanol–water partition coefficient (Wildman–Crippen LogP) is 4.39. The summed E-state index contributed by atoms with van der Waals surface area (Å²) >= 11 is 6.23. The van der Waals surface area contributed by atoms with Gasteiger partial charge in [0.15, 0.2) is 0 Å². The number of hydrogen-bond donors (Lipinski definition) is 1. The summed E-state index contributed by atoms with van der Waals surface area (Å²) in [6.45, 7) is 5.79. The third-order valence-electron chi connectivity index (χ3n) is 7.34. The molecular formula is C27H30ClN7O2. The molecule has 0 saturated carbocycles. The van der Waals surface area contributed by atoms with Crippen molar-refractivity contribution in [3.05, 3.63) is 53.1 Å². The number of nitriles is 1. The molecule has 2 aliphatic heterocycles. The fourth-order valence-electron chi connectivity index (χ4n) is 5.54. The van der Waals surface area contributed by atoms with Crippen molar-refractivity contribution in [2.45, 2.75) is 64.1 Å². The number of pyridine rings is 1. The number of benzene rings is 1. The fraction of sp³-hybridized carbons (Fsp3) is 0.444. The number of unbranched alkanes of at least 4 members (excludes halogenated alkanes) is 1. The molecule has 3 aromatic rings. The zero-order valence-corrected chi connectivity index (χ0v) is 21.8. The van der Waals surface area contributed by atoms with E-state index in [4.69, 9.17) is 21.8 Å². The molecule has 1 saturated heterocycles. The molecule has 4 heterocycles. The highest BCUT2D eigenvalue weighted by atomic mass is 35.5. The topological polar surface area (TPSA) is 107 Å². The van der Waals surface area contributed by atoms with E-state index in [1.165, 1.54) is 0 Å². The van der Waals surface area contributed by atoms with Crippen LogP contribution >= 0.6 is 11.6 Å². The SMILES string of the molecule is CC(C)NC(=O)N1CCC2(CC1)C(=O)N(Cc1nc3cc(Cl)ccc3n1CCCC#N)c1cnccc12. The number of anilines is 1. The second-order valence-electron chi connectivity index (χ2n) is 10.0. The van der Waals surface area contributed by atoms with Crippen molar-refractivity contribution < 1.29 is 9.59 Å². The first kappa shape index (κ1) is 25.0. The number of aryl methyl sites for hydroxylation is 1. The van der Waals surface area contributed by atoms with Gasteiger partial charge in [0.05, 0.1) is 40.9 Å². The highest BCUT2D eigenvalue weighted by Crippen LogP contribution is 2.48. The van der Waals surface area contributed by atoms with E-state index in [9.17, 15) is 9.59 Å². The van der Waals surface area contributed by atoms with Crippen LogP contribution < -0.4 is 10.2 Å². The highest BCUT2D eigenvalue weighted by molar-refractivity contribution is 6.31. The third-order valence-corrected chi connectivity index (χ3v) is 7.57. The third kappa shape index (κ3) is 4.51. The minimum Gasteiger partial charge on any atom is -0.336 e. The predicted molar refractivity (Wildman–Crippen MR) is 141 cm³/mol. The van der Waals surface area contributed by atoms with Crippen LogP contribution in [0.4, 0.5) is 10.5 Å². The summed E-state index contributed by atoms with van der Waals surface area (Å²) in [5.41, 5.74) is 2.76. The van der Waals surface area contributed by atoms with Gasteiger partial charge in [-0.05, 0) is 62.9 Å². The maximum absolute atomic E-state index is 14.1. The number of amides is 3. The molecule has 3 amide bonds. The van der Waals surface area contributed by atoms with E-state index in [0.717, 1.165) is 28.1 Å². The van der Waals surface area contributed by atoms with E-state index in [2.05, 4.69) is 20.9 Å². The van der Waals surface area contributed by atoms with Crippen LogP contribution in [0, 0.1) is 11.3 Å². The first-order chi connectivity index (χ1) is 17.8. The van der Waals surface area contributed by atoms with E-state index in [-0.39, 0.29) is 24.5 Å². The molecule has 0 aliphatic carbocycles. The summed E-state index contributed by atoms with van der Waals surface area (Å²) in [5, 5.41) is 12.6. The first-order valence-electron chi connectivity index (χ1n) is 12.7. The molecule has 2 aromatic heterocycles. The second kappa shape index (κ2) is 10.0. The first-order valence-corrected chi connectivity index (χ1v) is 13.1. The van der Waals surface area contributed by atoms with Crippen molar-refractivity contribution in [1.29, 1.82) is 5.26 Å². The van der Waals surface area contributed by atoms with E-state index in [0.29, 0.717) is 50.3 Å². The van der Waals surface area contributed by atoms with Crippen LogP contribution in [0.3, 0.4) is 0 Å². The Kier molecular flexibility index (Phi) is 6.78. The number of urea groups is 1. The quantitative estimate of drug-likeness (QED) is 0.486. The summed E-state index contributed by atoms with van der Waals surface area (Å²) < 4.78 is 2.08. The number of imidazole rings is 1. The number of carbonyl (C=O) groups excluding carboxylic acids is 2. The van der Waals surface area contributed by atoms with Crippen molar-refractivity contribution in [1.82, 2.24) is 24.8 Å². The molecule has 1 aromatic carbocycles. The van der Waals surface area contributed by atoms with E-state index in [1.807, 2.05) is 38.1 Å². The van der Waals surface area contributed by atoms with Gasteiger partial charge < -0.3 is 19.7 Å². The van der Waals surface area contributed by atoms with Gasteiger partial charge in [-0.1, -0.05) is 11.6 Å². The molecule has 5 rings (SSSR count). The van der Waals surface area contributed by atoms with Gasteiger partial charge in [0.1, 0.15) is 5.82 Å². The number of fused-ring (bicyclic) bond motifs is 3. The van der Waals surface area contributed by atoms with Crippen LogP contribution in [0.1, 0.15) is 50.9 Å². The molecule has 1 fully saturated rings. The maximum atomic E-state index is 14.1.